The number of nitrogens with one attached hydrogen (secondary N) is 1. The maximum Gasteiger partial charge on any atom is 0.407 e. The molecule has 2 fully saturated rings. The zero-order valence-electron chi connectivity index (χ0n) is 20.0. The molecule has 0 aliphatic heterocycles. The Morgan fingerprint density at radius 1 is 0.971 bits per heavy atom. The fourth-order valence-electron chi connectivity index (χ4n) is 5.84. The van der Waals surface area contributed by atoms with Crippen molar-refractivity contribution in [2.45, 2.75) is 62.4 Å². The van der Waals surface area contributed by atoms with Gasteiger partial charge in [0.2, 0.25) is 5.91 Å². The van der Waals surface area contributed by atoms with Crippen LogP contribution in [0.4, 0.5) is 4.79 Å². The van der Waals surface area contributed by atoms with Crippen LogP contribution in [0.5, 0.6) is 0 Å². The molecule has 0 heterocycles. The molecule has 2 aromatic carbocycles. The molecule has 2 N–H and O–H groups in total. The number of fused-ring (bicyclic) bond motifs is 3. The number of nitrogens with zero attached hydrogens (tertiary/aromatic N) is 1. The van der Waals surface area contributed by atoms with Gasteiger partial charge in [0, 0.05) is 19.0 Å². The van der Waals surface area contributed by atoms with E-state index in [9.17, 15) is 19.5 Å². The van der Waals surface area contributed by atoms with Gasteiger partial charge in [-0.2, -0.15) is 0 Å². The van der Waals surface area contributed by atoms with Crippen LogP contribution in [0.15, 0.2) is 48.5 Å². The van der Waals surface area contributed by atoms with E-state index < -0.39 is 23.5 Å². The quantitative estimate of drug-likeness (QED) is 0.597. The van der Waals surface area contributed by atoms with E-state index >= 15 is 0 Å². The highest BCUT2D eigenvalue weighted by Crippen LogP contribution is 2.45. The number of amides is 2. The Balaban J connectivity index is 1.26. The lowest BCUT2D eigenvalue weighted by molar-refractivity contribution is -0.153. The molecule has 0 aromatic heterocycles. The number of likely N-dealkylation sites (N-methyl/N-ethyl adjacent to an activating group) is 1. The predicted molar refractivity (Wildman–Crippen MR) is 131 cm³/mol. The summed E-state index contributed by atoms with van der Waals surface area (Å²) in [6, 6.07) is 16.0. The van der Waals surface area contributed by atoms with Gasteiger partial charge in [0.1, 0.15) is 12.1 Å². The number of carboxylic acid groups (broad SMARTS) is 1. The van der Waals surface area contributed by atoms with Crippen molar-refractivity contribution in [3.8, 4) is 11.1 Å². The first-order valence-corrected chi connectivity index (χ1v) is 12.5. The Morgan fingerprint density at radius 2 is 1.57 bits per heavy atom. The molecule has 2 amide bonds. The van der Waals surface area contributed by atoms with E-state index in [1.165, 1.54) is 16.0 Å². The minimum Gasteiger partial charge on any atom is -0.479 e. The van der Waals surface area contributed by atoms with Gasteiger partial charge < -0.3 is 20.1 Å². The zero-order chi connectivity index (χ0) is 24.6. The molecule has 0 spiro atoms. The van der Waals surface area contributed by atoms with Crippen molar-refractivity contribution < 1.29 is 24.2 Å². The summed E-state index contributed by atoms with van der Waals surface area (Å²) in [5.74, 6) is -1.63. The second kappa shape index (κ2) is 9.36. The van der Waals surface area contributed by atoms with Gasteiger partial charge in [-0.15, -0.1) is 0 Å². The summed E-state index contributed by atoms with van der Waals surface area (Å²) in [6.07, 6.45) is 4.50. The summed E-state index contributed by atoms with van der Waals surface area (Å²) in [5.41, 5.74) is 3.55. The van der Waals surface area contributed by atoms with Crippen molar-refractivity contribution in [2.75, 3.05) is 13.7 Å². The van der Waals surface area contributed by atoms with Crippen LogP contribution in [0.2, 0.25) is 0 Å². The Bertz CT molecular complexity index is 1100. The molecule has 7 heteroatoms. The third kappa shape index (κ3) is 4.28. The smallest absolute Gasteiger partial charge is 0.407 e. The minimum absolute atomic E-state index is 0.0314. The van der Waals surface area contributed by atoms with E-state index in [0.29, 0.717) is 25.7 Å². The maximum absolute atomic E-state index is 13.3. The van der Waals surface area contributed by atoms with E-state index in [4.69, 9.17) is 4.74 Å². The average Bonchev–Trinajstić information content (AvgIpc) is 3.65. The van der Waals surface area contributed by atoms with Crippen molar-refractivity contribution in [3.63, 3.8) is 0 Å². The summed E-state index contributed by atoms with van der Waals surface area (Å²) < 4.78 is 5.72. The molecule has 5 rings (SSSR count). The zero-order valence-corrected chi connectivity index (χ0v) is 20.0. The molecule has 0 saturated heterocycles. The number of hydrogen-bond acceptors (Lipinski definition) is 4. The van der Waals surface area contributed by atoms with Crippen LogP contribution in [-0.2, 0) is 14.3 Å². The molecule has 3 aliphatic carbocycles. The van der Waals surface area contributed by atoms with E-state index in [0.717, 1.165) is 30.4 Å². The highest BCUT2D eigenvalue weighted by molar-refractivity contribution is 5.91. The predicted octanol–water partition coefficient (Wildman–Crippen LogP) is 4.55. The molecule has 2 atom stereocenters. The van der Waals surface area contributed by atoms with Crippen LogP contribution in [0.25, 0.3) is 11.1 Å². The highest BCUT2D eigenvalue weighted by Gasteiger charge is 2.56. The highest BCUT2D eigenvalue weighted by atomic mass is 16.5. The molecule has 0 bridgehead atoms. The largest absolute Gasteiger partial charge is 0.479 e. The Labute approximate surface area is 205 Å². The van der Waals surface area contributed by atoms with Crippen molar-refractivity contribution >= 4 is 18.0 Å². The number of alkyl carbamates (subject to hydrolysis) is 1. The van der Waals surface area contributed by atoms with Gasteiger partial charge in [0.05, 0.1) is 5.92 Å². The van der Waals surface area contributed by atoms with Crippen LogP contribution >= 0.6 is 0 Å². The molecule has 35 heavy (non-hydrogen) atoms. The Morgan fingerprint density at radius 3 is 2.17 bits per heavy atom. The first kappa shape index (κ1) is 23.4. The van der Waals surface area contributed by atoms with Gasteiger partial charge in [-0.25, -0.2) is 9.59 Å². The summed E-state index contributed by atoms with van der Waals surface area (Å²) in [4.78, 5) is 39.4. The standard InChI is InChI=1S/C28H32N2O5/c1-30(28(15-16-28)26(32)33)25(31)22-13-3-2-4-14-24(22)29-27(34)35-17-23-20-11-7-5-9-18(20)19-10-6-8-12-21(19)23/h5-12,22-24H,2-4,13-17H2,1H3,(H,29,34)(H,32,33)/t22-,24+/m1/s1. The monoisotopic (exact) mass is 476 g/mol. The number of carbonyl (C=O) groups is 3. The summed E-state index contributed by atoms with van der Waals surface area (Å²) in [6.45, 7) is 0.215. The van der Waals surface area contributed by atoms with Crippen molar-refractivity contribution in [2.24, 2.45) is 5.92 Å². The number of ether oxygens (including phenoxy) is 1. The SMILES string of the molecule is CN(C(=O)[C@@H]1CCCCC[C@@H]1NC(=O)OCC1c2ccccc2-c2ccccc21)C1(C(=O)O)CC1. The van der Waals surface area contributed by atoms with Crippen molar-refractivity contribution in [1.82, 2.24) is 10.2 Å². The number of hydrogen-bond donors (Lipinski definition) is 2. The second-order valence-electron chi connectivity index (χ2n) is 10.1. The third-order valence-corrected chi connectivity index (χ3v) is 8.07. The lowest BCUT2D eigenvalue weighted by Gasteiger charge is -2.32. The van der Waals surface area contributed by atoms with Gasteiger partial charge in [-0.1, -0.05) is 67.8 Å². The van der Waals surface area contributed by atoms with Crippen LogP contribution in [-0.4, -0.2) is 53.2 Å². The van der Waals surface area contributed by atoms with Gasteiger partial charge >= 0.3 is 12.1 Å². The fraction of sp³-hybridized carbons (Fsp3) is 0.464. The van der Waals surface area contributed by atoms with E-state index in [1.807, 2.05) is 24.3 Å². The van der Waals surface area contributed by atoms with Gasteiger partial charge in [-0.3, -0.25) is 4.79 Å². The molecule has 184 valence electrons. The summed E-state index contributed by atoms with van der Waals surface area (Å²) in [7, 11) is 1.58. The molecular weight excluding hydrogens is 444 g/mol. The Hall–Kier alpha value is -3.35. The first-order valence-electron chi connectivity index (χ1n) is 12.5. The molecule has 2 saturated carbocycles. The van der Waals surface area contributed by atoms with Gasteiger partial charge in [0.25, 0.3) is 0 Å². The first-order chi connectivity index (χ1) is 16.9. The van der Waals surface area contributed by atoms with Crippen molar-refractivity contribution in [3.05, 3.63) is 59.7 Å². The number of carboxylic acids is 1. The molecule has 0 unspecified atom stereocenters. The normalized spacial score (nSPS) is 22.3. The average molecular weight is 477 g/mol. The molecule has 7 nitrogen and oxygen atoms in total. The molecule has 3 aliphatic rings. The van der Waals surface area contributed by atoms with Gasteiger partial charge in [0.15, 0.2) is 0 Å². The summed E-state index contributed by atoms with van der Waals surface area (Å²) >= 11 is 0. The topological polar surface area (TPSA) is 95.9 Å². The summed E-state index contributed by atoms with van der Waals surface area (Å²) in [5, 5.41) is 12.6. The van der Waals surface area contributed by atoms with E-state index in [2.05, 4.69) is 29.6 Å². The molecule has 2 aromatic rings. The van der Waals surface area contributed by atoms with E-state index in [-0.39, 0.29) is 24.5 Å². The number of benzene rings is 2. The van der Waals surface area contributed by atoms with Crippen LogP contribution in [0, 0.1) is 5.92 Å². The van der Waals surface area contributed by atoms with Crippen LogP contribution in [0.1, 0.15) is 62.0 Å². The maximum atomic E-state index is 13.3. The third-order valence-electron chi connectivity index (χ3n) is 8.07. The molecular formula is C28H32N2O5. The number of aliphatic carboxylic acids is 1. The second-order valence-corrected chi connectivity index (χ2v) is 10.1. The van der Waals surface area contributed by atoms with Gasteiger partial charge in [-0.05, 0) is 47.9 Å². The van der Waals surface area contributed by atoms with Crippen molar-refractivity contribution in [1.29, 1.82) is 0 Å². The lowest BCUT2D eigenvalue weighted by atomic mass is 9.92. The Kier molecular flexibility index (Phi) is 6.26. The lowest BCUT2D eigenvalue weighted by Crippen LogP contribution is -2.52. The van der Waals surface area contributed by atoms with Crippen LogP contribution < -0.4 is 5.32 Å². The van der Waals surface area contributed by atoms with E-state index in [1.54, 1.807) is 7.05 Å². The number of carbonyl (C=O) groups excluding carboxylic acids is 2. The number of rotatable bonds is 6. The molecule has 0 radical (unpaired) electrons. The minimum atomic E-state index is -1.09. The fourth-order valence-corrected chi connectivity index (χ4v) is 5.84. The van der Waals surface area contributed by atoms with Crippen LogP contribution in [0.3, 0.4) is 0 Å².